The second-order valence-electron chi connectivity index (χ2n) is 6.33. The third-order valence-corrected chi connectivity index (χ3v) is 4.99. The van der Waals surface area contributed by atoms with Crippen LogP contribution in [-0.2, 0) is 6.54 Å². The van der Waals surface area contributed by atoms with Crippen molar-refractivity contribution in [1.82, 2.24) is 19.5 Å². The first-order valence-electron chi connectivity index (χ1n) is 8.21. The molecule has 26 heavy (non-hydrogen) atoms. The van der Waals surface area contributed by atoms with Gasteiger partial charge in [-0.3, -0.25) is 0 Å². The van der Waals surface area contributed by atoms with Gasteiger partial charge in [0.05, 0.1) is 23.5 Å². The first-order valence-corrected chi connectivity index (χ1v) is 8.59. The van der Waals surface area contributed by atoms with Crippen molar-refractivity contribution in [1.29, 1.82) is 5.26 Å². The number of imidazole rings is 1. The minimum absolute atomic E-state index is 0.130. The number of nitrogen functional groups attached to an aromatic ring is 1. The Kier molecular flexibility index (Phi) is 4.11. The van der Waals surface area contributed by atoms with Gasteiger partial charge in [-0.25, -0.2) is 15.0 Å². The molecule has 1 fully saturated rings. The quantitative estimate of drug-likeness (QED) is 0.718. The van der Waals surface area contributed by atoms with Crippen LogP contribution in [0.4, 0.5) is 11.5 Å². The van der Waals surface area contributed by atoms with Crippen LogP contribution >= 0.6 is 11.6 Å². The summed E-state index contributed by atoms with van der Waals surface area (Å²) in [5.74, 6) is 0.325. The number of aromatic nitrogens is 4. The van der Waals surface area contributed by atoms with Gasteiger partial charge in [0.2, 0.25) is 0 Å². The van der Waals surface area contributed by atoms with Gasteiger partial charge < -0.3 is 20.9 Å². The molecule has 0 saturated carbocycles. The number of halogens is 1. The Morgan fingerprint density at radius 2 is 2.15 bits per heavy atom. The van der Waals surface area contributed by atoms with Crippen LogP contribution in [0.25, 0.3) is 11.2 Å². The molecule has 1 aliphatic heterocycles. The molecule has 0 radical (unpaired) electrons. The van der Waals surface area contributed by atoms with Gasteiger partial charge in [0.15, 0.2) is 11.5 Å². The molecule has 2 aromatic heterocycles. The summed E-state index contributed by atoms with van der Waals surface area (Å²) in [7, 11) is 0. The highest BCUT2D eigenvalue weighted by atomic mass is 35.5. The summed E-state index contributed by atoms with van der Waals surface area (Å²) in [6.45, 7) is 2.00. The molecule has 4 rings (SSSR count). The normalized spacial score (nSPS) is 17.0. The monoisotopic (exact) mass is 368 g/mol. The highest BCUT2D eigenvalue weighted by molar-refractivity contribution is 6.32. The molecule has 3 heterocycles. The number of hydrogen-bond donors (Lipinski definition) is 2. The van der Waals surface area contributed by atoms with E-state index in [2.05, 4.69) is 25.9 Å². The van der Waals surface area contributed by atoms with Crippen LogP contribution in [-0.4, -0.2) is 38.7 Å². The van der Waals surface area contributed by atoms with Crippen molar-refractivity contribution >= 4 is 34.3 Å². The van der Waals surface area contributed by atoms with E-state index in [-0.39, 0.29) is 6.04 Å². The zero-order valence-corrected chi connectivity index (χ0v) is 14.7. The van der Waals surface area contributed by atoms with Crippen molar-refractivity contribution in [3.05, 3.63) is 40.9 Å². The summed E-state index contributed by atoms with van der Waals surface area (Å²) in [6, 6.07) is 6.06. The smallest absolute Gasteiger partial charge is 0.165 e. The minimum atomic E-state index is 0.130. The van der Waals surface area contributed by atoms with Crippen molar-refractivity contribution in [2.45, 2.75) is 19.0 Å². The zero-order chi connectivity index (χ0) is 18.3. The lowest BCUT2D eigenvalue weighted by Crippen LogP contribution is -2.27. The minimum Gasteiger partial charge on any atom is -0.382 e. The molecule has 1 aliphatic rings. The van der Waals surface area contributed by atoms with E-state index in [1.165, 1.54) is 6.33 Å². The molecule has 0 aliphatic carbocycles. The Labute approximate surface area is 155 Å². The number of rotatable bonds is 3. The molecule has 4 N–H and O–H groups in total. The fourth-order valence-electron chi connectivity index (χ4n) is 3.38. The Balaban J connectivity index is 1.83. The van der Waals surface area contributed by atoms with Gasteiger partial charge in [-0.2, -0.15) is 5.26 Å². The van der Waals surface area contributed by atoms with Gasteiger partial charge in [-0.05, 0) is 18.6 Å². The molecule has 132 valence electrons. The molecule has 0 spiro atoms. The summed E-state index contributed by atoms with van der Waals surface area (Å²) < 4.78 is 1.85. The summed E-state index contributed by atoms with van der Waals surface area (Å²) >= 11 is 6.28. The van der Waals surface area contributed by atoms with Crippen molar-refractivity contribution < 1.29 is 0 Å². The summed E-state index contributed by atoms with van der Waals surface area (Å²) in [5.41, 5.74) is 15.3. The maximum atomic E-state index is 9.66. The predicted molar refractivity (Wildman–Crippen MR) is 99.8 cm³/mol. The van der Waals surface area contributed by atoms with Crippen LogP contribution in [0.1, 0.15) is 17.5 Å². The molecule has 1 unspecified atom stereocenters. The summed E-state index contributed by atoms with van der Waals surface area (Å²) in [6.07, 6.45) is 3.97. The van der Waals surface area contributed by atoms with E-state index in [1.807, 2.05) is 10.6 Å². The van der Waals surface area contributed by atoms with E-state index in [0.29, 0.717) is 34.1 Å². The Morgan fingerprint density at radius 1 is 1.31 bits per heavy atom. The molecular formula is C17H17ClN8. The van der Waals surface area contributed by atoms with E-state index in [0.717, 1.165) is 30.8 Å². The maximum Gasteiger partial charge on any atom is 0.165 e. The Morgan fingerprint density at radius 3 is 2.88 bits per heavy atom. The number of fused-ring (bicyclic) bond motifs is 1. The largest absolute Gasteiger partial charge is 0.382 e. The highest BCUT2D eigenvalue weighted by Crippen LogP contribution is 2.32. The third-order valence-electron chi connectivity index (χ3n) is 4.67. The number of nitriles is 1. The first kappa shape index (κ1) is 16.6. The van der Waals surface area contributed by atoms with Crippen molar-refractivity contribution in [2.24, 2.45) is 5.73 Å². The van der Waals surface area contributed by atoms with Gasteiger partial charge >= 0.3 is 0 Å². The lowest BCUT2D eigenvalue weighted by atomic mass is 10.0. The summed E-state index contributed by atoms with van der Waals surface area (Å²) in [4.78, 5) is 14.7. The van der Waals surface area contributed by atoms with Crippen molar-refractivity contribution in [3.63, 3.8) is 0 Å². The number of anilines is 2. The second-order valence-corrected chi connectivity index (χ2v) is 6.74. The molecule has 3 aromatic rings. The van der Waals surface area contributed by atoms with Crippen LogP contribution in [0.2, 0.25) is 5.02 Å². The average molecular weight is 369 g/mol. The highest BCUT2D eigenvalue weighted by Gasteiger charge is 2.24. The Hall–Kier alpha value is -2.89. The second kappa shape index (κ2) is 6.44. The fourth-order valence-corrected chi connectivity index (χ4v) is 3.60. The molecule has 0 amide bonds. The standard InChI is InChI=1S/C17H17ClN8/c18-13-1-2-14(25-4-3-10(20)6-25)12(11(13)5-19)7-26-9-24-15-16(21)22-8-23-17(15)26/h1-2,8-10H,3-4,6-7,20H2,(H2,21,22,23). The van der Waals surface area contributed by atoms with Crippen molar-refractivity contribution in [3.8, 4) is 6.07 Å². The van der Waals surface area contributed by atoms with Gasteiger partial charge in [-0.1, -0.05) is 11.6 Å². The topological polar surface area (TPSA) is 123 Å². The van der Waals surface area contributed by atoms with Crippen LogP contribution in [0, 0.1) is 11.3 Å². The van der Waals surface area contributed by atoms with Gasteiger partial charge in [0.1, 0.15) is 17.9 Å². The molecule has 8 nitrogen and oxygen atoms in total. The maximum absolute atomic E-state index is 9.66. The lowest BCUT2D eigenvalue weighted by molar-refractivity contribution is 0.751. The zero-order valence-electron chi connectivity index (χ0n) is 13.9. The van der Waals surface area contributed by atoms with Gasteiger partial charge in [0, 0.05) is 30.4 Å². The number of nitrogens with zero attached hydrogens (tertiary/aromatic N) is 6. The SMILES string of the molecule is N#Cc1c(Cl)ccc(N2CCC(N)C2)c1Cn1cnc2c(N)ncnc21. The van der Waals surface area contributed by atoms with Crippen molar-refractivity contribution in [2.75, 3.05) is 23.7 Å². The molecule has 1 atom stereocenters. The number of hydrogen-bond acceptors (Lipinski definition) is 7. The van der Waals surface area contributed by atoms with E-state index < -0.39 is 0 Å². The molecular weight excluding hydrogens is 352 g/mol. The van der Waals surface area contributed by atoms with Gasteiger partial charge in [0.25, 0.3) is 0 Å². The Bertz CT molecular complexity index is 1020. The molecule has 9 heteroatoms. The van der Waals surface area contributed by atoms with Gasteiger partial charge in [-0.15, -0.1) is 0 Å². The van der Waals surface area contributed by atoms with E-state index in [4.69, 9.17) is 23.1 Å². The van der Waals surface area contributed by atoms with E-state index >= 15 is 0 Å². The number of benzene rings is 1. The van der Waals surface area contributed by atoms with Crippen LogP contribution in [0.15, 0.2) is 24.8 Å². The average Bonchev–Trinajstić information content (AvgIpc) is 3.23. The number of nitrogens with two attached hydrogens (primary N) is 2. The summed E-state index contributed by atoms with van der Waals surface area (Å²) in [5, 5.41) is 10.1. The van der Waals surface area contributed by atoms with Crippen LogP contribution in [0.5, 0.6) is 0 Å². The molecule has 1 aromatic carbocycles. The molecule has 0 bridgehead atoms. The third kappa shape index (κ3) is 2.71. The van der Waals surface area contributed by atoms with Crippen LogP contribution < -0.4 is 16.4 Å². The first-order chi connectivity index (χ1) is 12.6. The van der Waals surface area contributed by atoms with E-state index in [1.54, 1.807) is 12.4 Å². The van der Waals surface area contributed by atoms with E-state index in [9.17, 15) is 5.26 Å². The molecule has 1 saturated heterocycles. The van der Waals surface area contributed by atoms with Crippen LogP contribution in [0.3, 0.4) is 0 Å². The predicted octanol–water partition coefficient (Wildman–Crippen LogP) is 1.52. The lowest BCUT2D eigenvalue weighted by Gasteiger charge is -2.23. The fraction of sp³-hybridized carbons (Fsp3) is 0.294.